The van der Waals surface area contributed by atoms with Crippen LogP contribution in [-0.4, -0.2) is 24.6 Å². The topological polar surface area (TPSA) is 0 Å². The summed E-state index contributed by atoms with van der Waals surface area (Å²) in [6, 6.07) is 0. The lowest BCUT2D eigenvalue weighted by Crippen LogP contribution is -3.00. The summed E-state index contributed by atoms with van der Waals surface area (Å²) in [5, 5.41) is 0. The minimum Gasteiger partial charge on any atom is -1.00 e. The van der Waals surface area contributed by atoms with Crippen molar-refractivity contribution in [1.29, 1.82) is 0 Å². The zero-order valence-corrected chi connectivity index (χ0v) is 24.9. The summed E-state index contributed by atoms with van der Waals surface area (Å²) in [6.45, 7) is 9.39. The highest BCUT2D eigenvalue weighted by Crippen LogP contribution is 2.61. The molecular formula is C30H64ClP. The molecule has 0 aromatic heterocycles. The van der Waals surface area contributed by atoms with Gasteiger partial charge in [-0.15, -0.1) is 0 Å². The smallest absolute Gasteiger partial charge is 0.0594 e. The molecular weight excluding hydrogens is 427 g/mol. The molecule has 0 aliphatic carbocycles. The first-order valence-electron chi connectivity index (χ1n) is 15.1. The highest BCUT2D eigenvalue weighted by Gasteiger charge is 2.34. The third-order valence-electron chi connectivity index (χ3n) is 7.44. The van der Waals surface area contributed by atoms with Gasteiger partial charge in [-0.25, -0.2) is 0 Å². The predicted octanol–water partition coefficient (Wildman–Crippen LogP) is 8.67. The highest BCUT2D eigenvalue weighted by atomic mass is 35.5. The number of halogens is 1. The normalized spacial score (nSPS) is 11.6. The Hall–Kier alpha value is 0.720. The van der Waals surface area contributed by atoms with Gasteiger partial charge in [0.1, 0.15) is 0 Å². The van der Waals surface area contributed by atoms with Crippen LogP contribution in [0.25, 0.3) is 0 Å². The van der Waals surface area contributed by atoms with E-state index in [0.717, 1.165) is 0 Å². The van der Waals surface area contributed by atoms with Crippen LogP contribution in [0.15, 0.2) is 0 Å². The van der Waals surface area contributed by atoms with Crippen LogP contribution in [0.2, 0.25) is 0 Å². The highest BCUT2D eigenvalue weighted by molar-refractivity contribution is 7.75. The van der Waals surface area contributed by atoms with Crippen molar-refractivity contribution in [2.75, 3.05) is 24.6 Å². The SMILES string of the molecule is CCCCCCCC[P+](CCCCCC)(CCCCCCCC)CCCCCCCC.[Cl-]. The molecule has 0 heterocycles. The van der Waals surface area contributed by atoms with Crippen LogP contribution >= 0.6 is 7.26 Å². The van der Waals surface area contributed by atoms with Gasteiger partial charge in [-0.1, -0.05) is 118 Å². The number of rotatable bonds is 26. The predicted molar refractivity (Wildman–Crippen MR) is 151 cm³/mol. The van der Waals surface area contributed by atoms with Crippen LogP contribution in [0.3, 0.4) is 0 Å². The van der Waals surface area contributed by atoms with Crippen LogP contribution in [0.1, 0.15) is 169 Å². The van der Waals surface area contributed by atoms with Crippen molar-refractivity contribution in [3.8, 4) is 0 Å². The second-order valence-corrected chi connectivity index (χ2v) is 15.1. The Morgan fingerprint density at radius 1 is 0.281 bits per heavy atom. The molecule has 2 heteroatoms. The fourth-order valence-electron chi connectivity index (χ4n) is 5.23. The van der Waals surface area contributed by atoms with E-state index in [2.05, 4.69) is 27.7 Å². The summed E-state index contributed by atoms with van der Waals surface area (Å²) in [6.07, 6.45) is 39.1. The molecule has 0 nitrogen and oxygen atoms in total. The van der Waals surface area contributed by atoms with Crippen LogP contribution in [0.4, 0.5) is 0 Å². The van der Waals surface area contributed by atoms with Crippen molar-refractivity contribution in [3.05, 3.63) is 0 Å². The molecule has 0 fully saturated rings. The molecule has 32 heavy (non-hydrogen) atoms. The van der Waals surface area contributed by atoms with Crippen LogP contribution in [0, 0.1) is 0 Å². The van der Waals surface area contributed by atoms with Crippen LogP contribution in [0.5, 0.6) is 0 Å². The molecule has 0 saturated carbocycles. The zero-order chi connectivity index (χ0) is 22.9. The Bertz CT molecular complexity index is 290. The van der Waals surface area contributed by atoms with Crippen molar-refractivity contribution < 1.29 is 12.4 Å². The van der Waals surface area contributed by atoms with Gasteiger partial charge in [-0.3, -0.25) is 0 Å². The summed E-state index contributed by atoms with van der Waals surface area (Å²) >= 11 is 0. The van der Waals surface area contributed by atoms with E-state index >= 15 is 0 Å². The second-order valence-electron chi connectivity index (χ2n) is 10.6. The zero-order valence-electron chi connectivity index (χ0n) is 23.2. The fourth-order valence-corrected chi connectivity index (χ4v) is 10.1. The van der Waals surface area contributed by atoms with Crippen LogP contribution in [-0.2, 0) is 0 Å². The lowest BCUT2D eigenvalue weighted by Gasteiger charge is -2.28. The van der Waals surface area contributed by atoms with Crippen molar-refractivity contribution in [2.24, 2.45) is 0 Å². The summed E-state index contributed by atoms with van der Waals surface area (Å²) in [5.74, 6) is 0. The van der Waals surface area contributed by atoms with Gasteiger partial charge in [0.25, 0.3) is 0 Å². The van der Waals surface area contributed by atoms with Gasteiger partial charge >= 0.3 is 0 Å². The van der Waals surface area contributed by atoms with E-state index in [0.29, 0.717) is 0 Å². The Balaban J connectivity index is 0. The van der Waals surface area contributed by atoms with Gasteiger partial charge in [0.05, 0.1) is 24.6 Å². The lowest BCUT2D eigenvalue weighted by atomic mass is 10.1. The first-order chi connectivity index (χ1) is 15.2. The molecule has 0 rings (SSSR count). The molecule has 0 aliphatic rings. The van der Waals surface area contributed by atoms with Crippen molar-refractivity contribution in [1.82, 2.24) is 0 Å². The van der Waals surface area contributed by atoms with Gasteiger partial charge in [0, 0.05) is 7.26 Å². The monoisotopic (exact) mass is 490 g/mol. The standard InChI is InChI=1S/C30H64P.ClH/c1-5-9-13-17-20-24-28-31(27-23-16-12-8-4,29-25-21-18-14-10-6-2)30-26-22-19-15-11-7-3;/h5-30H2,1-4H3;1H/q+1;/p-1. The molecule has 0 radical (unpaired) electrons. The molecule has 0 saturated heterocycles. The maximum Gasteiger partial charge on any atom is 0.0594 e. The van der Waals surface area contributed by atoms with E-state index in [1.165, 1.54) is 116 Å². The van der Waals surface area contributed by atoms with Crippen molar-refractivity contribution in [2.45, 2.75) is 169 Å². The maximum atomic E-state index is 2.37. The Labute approximate surface area is 213 Å². The summed E-state index contributed by atoms with van der Waals surface area (Å²) < 4.78 is 0. The lowest BCUT2D eigenvalue weighted by molar-refractivity contribution is -0.00000711. The van der Waals surface area contributed by atoms with Gasteiger partial charge < -0.3 is 12.4 Å². The van der Waals surface area contributed by atoms with Gasteiger partial charge in [0.2, 0.25) is 0 Å². The number of unbranched alkanes of at least 4 members (excludes halogenated alkanes) is 18. The van der Waals surface area contributed by atoms with E-state index < -0.39 is 7.26 Å². The summed E-state index contributed by atoms with van der Waals surface area (Å²) in [5.41, 5.74) is 0. The molecule has 0 aliphatic heterocycles. The molecule has 0 atom stereocenters. The Kier molecular flexibility index (Phi) is 30.5. The molecule has 0 spiro atoms. The van der Waals surface area contributed by atoms with E-state index in [1.807, 2.05) is 0 Å². The third-order valence-corrected chi connectivity index (χ3v) is 12.5. The van der Waals surface area contributed by atoms with Gasteiger partial charge in [-0.05, 0) is 51.4 Å². The molecule has 0 N–H and O–H groups in total. The molecule has 0 aromatic carbocycles. The second kappa shape index (κ2) is 28.0. The largest absolute Gasteiger partial charge is 1.00 e. The summed E-state index contributed by atoms with van der Waals surface area (Å²) in [4.78, 5) is 0. The minimum atomic E-state index is -0.703. The van der Waals surface area contributed by atoms with E-state index in [-0.39, 0.29) is 12.4 Å². The Morgan fingerprint density at radius 3 is 0.719 bits per heavy atom. The van der Waals surface area contributed by atoms with Crippen molar-refractivity contribution >= 4 is 7.26 Å². The van der Waals surface area contributed by atoms with Crippen molar-refractivity contribution in [3.63, 3.8) is 0 Å². The Morgan fingerprint density at radius 2 is 0.469 bits per heavy atom. The first kappa shape index (κ1) is 34.9. The van der Waals surface area contributed by atoms with E-state index in [4.69, 9.17) is 0 Å². The maximum absolute atomic E-state index is 2.37. The van der Waals surface area contributed by atoms with E-state index in [1.54, 1.807) is 50.3 Å². The minimum absolute atomic E-state index is 0. The third kappa shape index (κ3) is 22.5. The molecule has 0 bridgehead atoms. The molecule has 196 valence electrons. The number of hydrogen-bond donors (Lipinski definition) is 0. The van der Waals surface area contributed by atoms with E-state index in [9.17, 15) is 0 Å². The van der Waals surface area contributed by atoms with Gasteiger partial charge in [0.15, 0.2) is 0 Å². The molecule has 0 amide bonds. The molecule has 0 aromatic rings. The van der Waals surface area contributed by atoms with Crippen LogP contribution < -0.4 is 12.4 Å². The quantitative estimate of drug-likeness (QED) is 0.0839. The average Bonchev–Trinajstić information content (AvgIpc) is 2.78. The average molecular weight is 491 g/mol. The van der Waals surface area contributed by atoms with Gasteiger partial charge in [-0.2, -0.15) is 0 Å². The fraction of sp³-hybridized carbons (Fsp3) is 1.00. The number of hydrogen-bond acceptors (Lipinski definition) is 0. The molecule has 0 unspecified atom stereocenters. The summed E-state index contributed by atoms with van der Waals surface area (Å²) in [7, 11) is -0.703. The first-order valence-corrected chi connectivity index (χ1v) is 17.6.